The van der Waals surface area contributed by atoms with Gasteiger partial charge in [-0.05, 0) is 103 Å². The summed E-state index contributed by atoms with van der Waals surface area (Å²) >= 11 is 12.4. The van der Waals surface area contributed by atoms with Gasteiger partial charge < -0.3 is 9.84 Å². The van der Waals surface area contributed by atoms with E-state index in [0.717, 1.165) is 34.4 Å². The molecule has 1 aliphatic heterocycles. The lowest BCUT2D eigenvalue weighted by Crippen LogP contribution is -2.45. The van der Waals surface area contributed by atoms with Crippen LogP contribution >= 0.6 is 23.2 Å². The monoisotopic (exact) mass is 738 g/mol. The maximum absolute atomic E-state index is 13.8. The molecule has 1 fully saturated rings. The Morgan fingerprint density at radius 1 is 0.900 bits per heavy atom. The molecule has 0 aliphatic carbocycles. The summed E-state index contributed by atoms with van der Waals surface area (Å²) in [6.45, 7) is 3.11. The summed E-state index contributed by atoms with van der Waals surface area (Å²) < 4.78 is 88.7. The highest BCUT2D eigenvalue weighted by Crippen LogP contribution is 2.45. The first kappa shape index (κ1) is 38.1. The van der Waals surface area contributed by atoms with Gasteiger partial charge in [-0.2, -0.15) is 26.3 Å². The van der Waals surface area contributed by atoms with Gasteiger partial charge in [-0.25, -0.2) is 0 Å². The third-order valence-corrected chi connectivity index (χ3v) is 10.1. The summed E-state index contributed by atoms with van der Waals surface area (Å²) in [7, 11) is 1.57. The van der Waals surface area contributed by atoms with Crippen molar-refractivity contribution in [2.24, 2.45) is 0 Å². The number of alkyl halides is 6. The lowest BCUT2D eigenvalue weighted by molar-refractivity contribution is -0.143. The Hall–Kier alpha value is -3.12. The Bertz CT molecular complexity index is 1740. The van der Waals surface area contributed by atoms with Crippen LogP contribution in [0, 0.1) is 6.92 Å². The van der Waals surface area contributed by atoms with Crippen molar-refractivity contribution in [3.63, 3.8) is 0 Å². The van der Waals surface area contributed by atoms with Gasteiger partial charge in [0.25, 0.3) is 0 Å². The van der Waals surface area contributed by atoms with Gasteiger partial charge in [0.15, 0.2) is 0 Å². The molecule has 0 bridgehead atoms. The Kier molecular flexibility index (Phi) is 11.9. The van der Waals surface area contributed by atoms with E-state index in [4.69, 9.17) is 27.9 Å². The van der Waals surface area contributed by atoms with Crippen molar-refractivity contribution in [3.8, 4) is 11.1 Å². The molecule has 4 nitrogen and oxygen atoms in total. The van der Waals surface area contributed by atoms with Crippen molar-refractivity contribution in [2.75, 3.05) is 20.2 Å². The average Bonchev–Trinajstić information content (AvgIpc) is 3.08. The van der Waals surface area contributed by atoms with E-state index in [2.05, 4.69) is 11.4 Å². The van der Waals surface area contributed by atoms with Gasteiger partial charge >= 0.3 is 12.4 Å². The lowest BCUT2D eigenvalue weighted by atomic mass is 9.78. The molecule has 4 aromatic rings. The van der Waals surface area contributed by atoms with Crippen molar-refractivity contribution < 1.29 is 36.2 Å². The zero-order chi connectivity index (χ0) is 36.3. The van der Waals surface area contributed by atoms with E-state index in [0.29, 0.717) is 41.5 Å². The number of rotatable bonds is 11. The number of halogens is 8. The molecule has 0 saturated carbocycles. The first-order valence-electron chi connectivity index (χ1n) is 16.2. The summed E-state index contributed by atoms with van der Waals surface area (Å²) in [5.41, 5.74) is 0.238. The number of hydrogen-bond donors (Lipinski definition) is 2. The second-order valence-electron chi connectivity index (χ2n) is 12.8. The predicted octanol–water partition coefficient (Wildman–Crippen LogP) is 10.6. The van der Waals surface area contributed by atoms with Crippen LogP contribution in [0.15, 0.2) is 84.9 Å². The van der Waals surface area contributed by atoms with E-state index in [1.54, 1.807) is 43.5 Å². The van der Waals surface area contributed by atoms with Gasteiger partial charge in [0.2, 0.25) is 0 Å². The highest BCUT2D eigenvalue weighted by atomic mass is 35.5. The number of methoxy groups -OCH3 is 1. The molecule has 0 aromatic heterocycles. The molecule has 4 aromatic carbocycles. The maximum atomic E-state index is 13.8. The topological polar surface area (TPSA) is 44.7 Å². The molecule has 50 heavy (non-hydrogen) atoms. The third kappa shape index (κ3) is 9.21. The minimum absolute atomic E-state index is 0.0732. The number of nitrogens with zero attached hydrogens (tertiary/aromatic N) is 1. The number of likely N-dealkylation sites (tertiary alicyclic amines) is 1. The van der Waals surface area contributed by atoms with Crippen LogP contribution in [0.3, 0.4) is 0 Å². The normalized spacial score (nSPS) is 19.5. The Balaban J connectivity index is 1.32. The number of benzene rings is 4. The Labute approximate surface area is 298 Å². The Morgan fingerprint density at radius 2 is 1.58 bits per heavy atom. The fourth-order valence-electron chi connectivity index (χ4n) is 6.58. The van der Waals surface area contributed by atoms with Crippen LogP contribution < -0.4 is 5.32 Å². The molecule has 12 heteroatoms. The van der Waals surface area contributed by atoms with Crippen molar-refractivity contribution in [1.29, 1.82) is 0 Å². The molecule has 1 saturated heterocycles. The summed E-state index contributed by atoms with van der Waals surface area (Å²) in [5.74, 6) is 0. The minimum Gasteiger partial charge on any atom is -0.385 e. The van der Waals surface area contributed by atoms with E-state index in [1.165, 1.54) is 0 Å². The number of hydrogen-bond acceptors (Lipinski definition) is 4. The standard InChI is InChI=1S/C38H38Cl2F6N2O2/c1-24-10-11-25(17-31(24)26-12-13-32(39)33(40)20-26)23-47-35(50-2)9-6-15-48-16-14-36(49,28-7-4-3-5-8-28)22-34(48)27-18-29(37(41,42)43)21-30(19-27)38(44,45)46/h3-5,7-8,10-13,17-21,34-35,47,49H,6,9,14-16,22-23H2,1-2H3. The van der Waals surface area contributed by atoms with Crippen LogP contribution in [-0.2, 0) is 29.2 Å². The first-order chi connectivity index (χ1) is 23.6. The largest absolute Gasteiger partial charge is 0.416 e. The van der Waals surface area contributed by atoms with Crippen LogP contribution in [0.25, 0.3) is 11.1 Å². The smallest absolute Gasteiger partial charge is 0.385 e. The number of nitrogens with one attached hydrogen (secondary N) is 1. The molecule has 3 unspecified atom stereocenters. The van der Waals surface area contributed by atoms with Crippen molar-refractivity contribution >= 4 is 23.2 Å². The number of piperidine rings is 1. The van der Waals surface area contributed by atoms with Crippen LogP contribution in [0.4, 0.5) is 26.3 Å². The minimum atomic E-state index is -4.98. The summed E-state index contributed by atoms with van der Waals surface area (Å²) in [4.78, 5) is 1.86. The van der Waals surface area contributed by atoms with E-state index < -0.39 is 35.1 Å². The second-order valence-corrected chi connectivity index (χ2v) is 13.6. The van der Waals surface area contributed by atoms with Gasteiger partial charge in [-0.1, -0.05) is 71.7 Å². The molecule has 0 spiro atoms. The molecule has 0 radical (unpaired) electrons. The molecule has 2 N–H and O–H groups in total. The number of aryl methyl sites for hydroxylation is 1. The number of ether oxygens (including phenoxy) is 1. The van der Waals surface area contributed by atoms with Crippen LogP contribution in [-0.4, -0.2) is 36.4 Å². The molecular weight excluding hydrogens is 701 g/mol. The molecule has 268 valence electrons. The van der Waals surface area contributed by atoms with Gasteiger partial charge in [-0.3, -0.25) is 10.2 Å². The van der Waals surface area contributed by atoms with Gasteiger partial charge in [0.05, 0.1) is 26.8 Å². The van der Waals surface area contributed by atoms with Crippen molar-refractivity contribution in [3.05, 3.63) is 128 Å². The van der Waals surface area contributed by atoms with E-state index in [9.17, 15) is 31.4 Å². The van der Waals surface area contributed by atoms with Crippen molar-refractivity contribution in [1.82, 2.24) is 10.2 Å². The van der Waals surface area contributed by atoms with Crippen molar-refractivity contribution in [2.45, 2.75) is 69.4 Å². The van der Waals surface area contributed by atoms with Crippen LogP contribution in [0.5, 0.6) is 0 Å². The van der Waals surface area contributed by atoms with Crippen LogP contribution in [0.1, 0.15) is 65.1 Å². The first-order valence-corrected chi connectivity index (χ1v) is 17.0. The number of aliphatic hydroxyl groups is 1. The molecule has 1 heterocycles. The zero-order valence-electron chi connectivity index (χ0n) is 27.5. The van der Waals surface area contributed by atoms with Gasteiger partial charge in [-0.15, -0.1) is 0 Å². The van der Waals surface area contributed by atoms with E-state index in [1.807, 2.05) is 36.1 Å². The zero-order valence-corrected chi connectivity index (χ0v) is 29.0. The fourth-order valence-corrected chi connectivity index (χ4v) is 6.88. The molecule has 1 aliphatic rings. The summed E-state index contributed by atoms with van der Waals surface area (Å²) in [5, 5.41) is 16.0. The Morgan fingerprint density at radius 3 is 2.20 bits per heavy atom. The lowest BCUT2D eigenvalue weighted by Gasteiger charge is -2.45. The summed E-state index contributed by atoms with van der Waals surface area (Å²) in [6, 6.07) is 21.0. The highest BCUT2D eigenvalue weighted by molar-refractivity contribution is 6.42. The van der Waals surface area contributed by atoms with Gasteiger partial charge in [0.1, 0.15) is 6.23 Å². The third-order valence-electron chi connectivity index (χ3n) is 9.35. The predicted molar refractivity (Wildman–Crippen MR) is 184 cm³/mol. The quantitative estimate of drug-likeness (QED) is 0.119. The van der Waals surface area contributed by atoms with Gasteiger partial charge in [0, 0.05) is 32.7 Å². The second kappa shape index (κ2) is 15.6. The van der Waals surface area contributed by atoms with Crippen LogP contribution in [0.2, 0.25) is 10.0 Å². The molecule has 5 rings (SSSR count). The molecular formula is C38H38Cl2F6N2O2. The van der Waals surface area contributed by atoms with E-state index in [-0.39, 0.29) is 37.2 Å². The average molecular weight is 740 g/mol. The summed E-state index contributed by atoms with van der Waals surface area (Å²) in [6.07, 6.45) is -9.11. The fraction of sp³-hybridized carbons (Fsp3) is 0.368. The molecule has 3 atom stereocenters. The van der Waals surface area contributed by atoms with E-state index >= 15 is 0 Å². The maximum Gasteiger partial charge on any atom is 0.416 e. The highest BCUT2D eigenvalue weighted by Gasteiger charge is 2.43. The SMILES string of the molecule is COC(CCCN1CCC(O)(c2ccccc2)CC1c1cc(C(F)(F)F)cc(C(F)(F)F)c1)NCc1ccc(C)c(-c2ccc(Cl)c(Cl)c2)c1. The molecule has 0 amide bonds.